The number of carbonyl (C=O) groups excluding carboxylic acids is 1. The molecule has 0 saturated carbocycles. The first-order valence-corrected chi connectivity index (χ1v) is 12.3. The van der Waals surface area contributed by atoms with Gasteiger partial charge in [-0.05, 0) is 84.0 Å². The summed E-state index contributed by atoms with van der Waals surface area (Å²) in [4.78, 5) is 24.0. The number of aryl methyl sites for hydroxylation is 1. The van der Waals surface area contributed by atoms with E-state index in [4.69, 9.17) is 9.47 Å². The third kappa shape index (κ3) is 5.96. The summed E-state index contributed by atoms with van der Waals surface area (Å²) in [7, 11) is 0. The number of ether oxygens (including phenoxy) is 2. The predicted octanol–water partition coefficient (Wildman–Crippen LogP) is 6.60. The summed E-state index contributed by atoms with van der Waals surface area (Å²) in [6.07, 6.45) is 7.84. The summed E-state index contributed by atoms with van der Waals surface area (Å²) in [5, 5.41) is 11.2. The number of fused-ring (bicyclic) bond motifs is 2. The number of benzene rings is 3. The lowest BCUT2D eigenvalue weighted by Crippen LogP contribution is -2.22. The monoisotopic (exact) mass is 460 g/mol. The van der Waals surface area contributed by atoms with Crippen molar-refractivity contribution in [2.24, 2.45) is 5.92 Å². The van der Waals surface area contributed by atoms with Gasteiger partial charge in [0.2, 0.25) is 0 Å². The summed E-state index contributed by atoms with van der Waals surface area (Å²) in [6, 6.07) is 16.9. The number of carbonyl (C=O) groups is 2. The van der Waals surface area contributed by atoms with Crippen LogP contribution in [0.4, 0.5) is 0 Å². The van der Waals surface area contributed by atoms with E-state index in [1.165, 1.54) is 25.7 Å². The third-order valence-electron chi connectivity index (χ3n) is 6.53. The quantitative estimate of drug-likeness (QED) is 0.210. The van der Waals surface area contributed by atoms with E-state index in [1.54, 1.807) is 12.1 Å². The Bertz CT molecular complexity index is 1170. The first-order chi connectivity index (χ1) is 16.5. The Morgan fingerprint density at radius 3 is 2.47 bits per heavy atom. The smallest absolute Gasteiger partial charge is 0.343 e. The van der Waals surface area contributed by atoms with E-state index in [0.29, 0.717) is 30.6 Å². The molecule has 5 nitrogen and oxygen atoms in total. The van der Waals surface area contributed by atoms with Crippen molar-refractivity contribution in [3.63, 3.8) is 0 Å². The minimum absolute atomic E-state index is 0.338. The molecule has 3 aromatic rings. The molecule has 0 fully saturated rings. The van der Waals surface area contributed by atoms with Crippen molar-refractivity contribution in [1.29, 1.82) is 0 Å². The Balaban J connectivity index is 1.37. The van der Waals surface area contributed by atoms with Gasteiger partial charge in [-0.2, -0.15) is 0 Å². The highest BCUT2D eigenvalue weighted by molar-refractivity contribution is 5.96. The molecule has 0 saturated heterocycles. The Labute approximate surface area is 200 Å². The molecule has 0 radical (unpaired) electrons. The first kappa shape index (κ1) is 23.8. The molecule has 0 heterocycles. The van der Waals surface area contributed by atoms with Gasteiger partial charge in [0.05, 0.1) is 18.1 Å². The van der Waals surface area contributed by atoms with Crippen molar-refractivity contribution in [2.75, 3.05) is 6.61 Å². The largest absolute Gasteiger partial charge is 0.494 e. The fourth-order valence-corrected chi connectivity index (χ4v) is 4.51. The van der Waals surface area contributed by atoms with E-state index in [9.17, 15) is 14.7 Å². The van der Waals surface area contributed by atoms with Crippen LogP contribution in [-0.2, 0) is 17.6 Å². The van der Waals surface area contributed by atoms with Crippen LogP contribution >= 0.6 is 0 Å². The Morgan fingerprint density at radius 2 is 1.65 bits per heavy atom. The molecule has 34 heavy (non-hydrogen) atoms. The zero-order valence-electron chi connectivity index (χ0n) is 19.7. The number of esters is 1. The molecule has 0 bridgehead atoms. The van der Waals surface area contributed by atoms with Gasteiger partial charge < -0.3 is 14.6 Å². The van der Waals surface area contributed by atoms with Gasteiger partial charge in [0, 0.05) is 0 Å². The molecule has 4 rings (SSSR count). The van der Waals surface area contributed by atoms with Crippen molar-refractivity contribution < 1.29 is 24.2 Å². The van der Waals surface area contributed by atoms with Gasteiger partial charge in [0.15, 0.2) is 0 Å². The van der Waals surface area contributed by atoms with Crippen LogP contribution in [0.3, 0.4) is 0 Å². The number of carboxylic acids is 1. The van der Waals surface area contributed by atoms with E-state index >= 15 is 0 Å². The second kappa shape index (κ2) is 11.2. The van der Waals surface area contributed by atoms with Gasteiger partial charge in [-0.1, -0.05) is 50.8 Å². The van der Waals surface area contributed by atoms with E-state index in [2.05, 4.69) is 6.92 Å². The van der Waals surface area contributed by atoms with Crippen LogP contribution in [0.2, 0.25) is 0 Å². The highest BCUT2D eigenvalue weighted by Gasteiger charge is 2.24. The van der Waals surface area contributed by atoms with Crippen LogP contribution in [0, 0.1) is 5.92 Å². The molecule has 0 aliphatic heterocycles. The maximum absolute atomic E-state index is 12.8. The molecule has 178 valence electrons. The second-order valence-electron chi connectivity index (χ2n) is 9.08. The normalized spacial score (nSPS) is 15.0. The Morgan fingerprint density at radius 1 is 0.882 bits per heavy atom. The van der Waals surface area contributed by atoms with Crippen molar-refractivity contribution in [2.45, 2.75) is 58.3 Å². The number of hydrogen-bond donors (Lipinski definition) is 1. The highest BCUT2D eigenvalue weighted by atomic mass is 16.5. The van der Waals surface area contributed by atoms with Gasteiger partial charge in [0.1, 0.15) is 11.5 Å². The Kier molecular flexibility index (Phi) is 7.84. The van der Waals surface area contributed by atoms with Crippen molar-refractivity contribution in [3.8, 4) is 11.5 Å². The lowest BCUT2D eigenvalue weighted by molar-refractivity contribution is -0.142. The summed E-state index contributed by atoms with van der Waals surface area (Å²) in [5.41, 5.74) is 2.56. The van der Waals surface area contributed by atoms with Crippen molar-refractivity contribution in [1.82, 2.24) is 0 Å². The SMILES string of the molecule is CCCCCCCOc1ccc2cc(C(=O)Oc3ccc4c(c3)CCC(C(=O)O)C4)ccc2c1. The molecule has 1 unspecified atom stereocenters. The van der Waals surface area contributed by atoms with E-state index in [0.717, 1.165) is 40.7 Å². The summed E-state index contributed by atoms with van der Waals surface area (Å²) < 4.78 is 11.5. The fraction of sp³-hybridized carbons (Fsp3) is 0.379. The van der Waals surface area contributed by atoms with Gasteiger partial charge in [-0.25, -0.2) is 4.79 Å². The van der Waals surface area contributed by atoms with Gasteiger partial charge in [-0.15, -0.1) is 0 Å². The Hall–Kier alpha value is -3.34. The molecule has 1 N–H and O–H groups in total. The van der Waals surface area contributed by atoms with Gasteiger partial charge >= 0.3 is 11.9 Å². The van der Waals surface area contributed by atoms with Crippen LogP contribution in [0.25, 0.3) is 10.8 Å². The number of rotatable bonds is 10. The van der Waals surface area contributed by atoms with Crippen LogP contribution in [0.15, 0.2) is 54.6 Å². The molecule has 1 aliphatic rings. The molecule has 1 atom stereocenters. The molecule has 3 aromatic carbocycles. The van der Waals surface area contributed by atoms with E-state index in [1.807, 2.05) is 42.5 Å². The maximum atomic E-state index is 12.8. The topological polar surface area (TPSA) is 72.8 Å². The highest BCUT2D eigenvalue weighted by Crippen LogP contribution is 2.29. The predicted molar refractivity (Wildman–Crippen MR) is 133 cm³/mol. The second-order valence-corrected chi connectivity index (χ2v) is 9.08. The van der Waals surface area contributed by atoms with E-state index in [-0.39, 0.29) is 5.92 Å². The number of aliphatic carboxylic acids is 1. The third-order valence-corrected chi connectivity index (χ3v) is 6.53. The van der Waals surface area contributed by atoms with Gasteiger partial charge in [-0.3, -0.25) is 4.79 Å². The molecule has 1 aliphatic carbocycles. The lowest BCUT2D eigenvalue weighted by Gasteiger charge is -2.21. The van der Waals surface area contributed by atoms with Crippen LogP contribution < -0.4 is 9.47 Å². The average Bonchev–Trinajstić information content (AvgIpc) is 2.85. The van der Waals surface area contributed by atoms with Gasteiger partial charge in [0.25, 0.3) is 0 Å². The molecule has 0 amide bonds. The van der Waals surface area contributed by atoms with Crippen molar-refractivity contribution >= 4 is 22.7 Å². The summed E-state index contributed by atoms with van der Waals surface area (Å²) >= 11 is 0. The zero-order valence-corrected chi connectivity index (χ0v) is 19.7. The van der Waals surface area contributed by atoms with Crippen LogP contribution in [0.1, 0.15) is 66.9 Å². The minimum atomic E-state index is -0.751. The number of carboxylic acid groups (broad SMARTS) is 1. The number of hydrogen-bond acceptors (Lipinski definition) is 4. The molecular formula is C29H32O5. The molecule has 0 aromatic heterocycles. The van der Waals surface area contributed by atoms with E-state index < -0.39 is 11.9 Å². The standard InChI is InChI=1S/C29H32O5/c1-2-3-4-5-6-15-33-26-13-11-21-17-25(10-8-22(21)18-26)29(32)34-27-14-12-20-16-24(28(30)31)9-7-23(20)19-27/h8,10-14,17-19,24H,2-7,9,15-16H2,1H3,(H,30,31). The fourth-order valence-electron chi connectivity index (χ4n) is 4.51. The number of unbranched alkanes of at least 4 members (excludes halogenated alkanes) is 4. The zero-order chi connectivity index (χ0) is 23.9. The minimum Gasteiger partial charge on any atom is -0.494 e. The van der Waals surface area contributed by atoms with Crippen LogP contribution in [-0.4, -0.2) is 23.7 Å². The molecular weight excluding hydrogens is 428 g/mol. The van der Waals surface area contributed by atoms with Crippen LogP contribution in [0.5, 0.6) is 11.5 Å². The molecule has 5 heteroatoms. The first-order valence-electron chi connectivity index (χ1n) is 12.3. The average molecular weight is 461 g/mol. The lowest BCUT2D eigenvalue weighted by atomic mass is 9.84. The molecule has 0 spiro atoms. The summed E-state index contributed by atoms with van der Waals surface area (Å²) in [5.74, 6) is -0.167. The maximum Gasteiger partial charge on any atom is 0.343 e. The summed E-state index contributed by atoms with van der Waals surface area (Å²) in [6.45, 7) is 2.93. The van der Waals surface area contributed by atoms with Crippen molar-refractivity contribution in [3.05, 3.63) is 71.3 Å².